The maximum absolute atomic E-state index is 14.4. The Hall–Kier alpha value is -4.03. The minimum Gasteiger partial charge on any atom is -0.452 e. The highest BCUT2D eigenvalue weighted by Crippen LogP contribution is 2.17. The lowest BCUT2D eigenvalue weighted by molar-refractivity contribution is 0.0635. The fraction of sp³-hybridized carbons (Fsp3) is 0.250. The van der Waals surface area contributed by atoms with E-state index in [4.69, 9.17) is 0 Å². The summed E-state index contributed by atoms with van der Waals surface area (Å²) < 4.78 is 31.5. The summed E-state index contributed by atoms with van der Waals surface area (Å²) in [7, 11) is 3.53. The average molecular weight is 414 g/mol. The van der Waals surface area contributed by atoms with E-state index in [-0.39, 0.29) is 9.80 Å². The zero-order valence-electron chi connectivity index (χ0n) is 15.6. The number of carbonyl (C=O) groups is 6. The number of ether oxygens (including phenoxy) is 4. The Bertz CT molecular complexity index is 837. The fourth-order valence-electron chi connectivity index (χ4n) is 1.92. The molecule has 0 saturated carbocycles. The molecule has 1 rings (SSSR count). The van der Waals surface area contributed by atoms with Crippen LogP contribution < -0.4 is 0 Å². The van der Waals surface area contributed by atoms with Gasteiger partial charge in [-0.05, 0) is 18.2 Å². The molecule has 0 N–H and O–H groups in total. The molecule has 6 amide bonds. The highest BCUT2D eigenvalue weighted by Gasteiger charge is 2.35. The molecule has 0 unspecified atom stereocenters. The quantitative estimate of drug-likeness (QED) is 0.656. The van der Waals surface area contributed by atoms with Crippen molar-refractivity contribution in [3.63, 3.8) is 0 Å². The third-order valence-electron chi connectivity index (χ3n) is 3.28. The third kappa shape index (κ3) is 4.82. The summed E-state index contributed by atoms with van der Waals surface area (Å²) >= 11 is 0. The molecule has 29 heavy (non-hydrogen) atoms. The van der Waals surface area contributed by atoms with Crippen molar-refractivity contribution in [1.29, 1.82) is 0 Å². The maximum Gasteiger partial charge on any atom is 0.426 e. The molecule has 0 saturated heterocycles. The summed E-state index contributed by atoms with van der Waals surface area (Å²) in [5.74, 6) is -4.12. The molecule has 0 fully saturated rings. The molecule has 12 nitrogen and oxygen atoms in total. The van der Waals surface area contributed by atoms with Gasteiger partial charge in [-0.2, -0.15) is 0 Å². The van der Waals surface area contributed by atoms with Crippen LogP contribution in [0, 0.1) is 5.82 Å². The van der Waals surface area contributed by atoms with Crippen molar-refractivity contribution >= 4 is 36.2 Å². The predicted molar refractivity (Wildman–Crippen MR) is 88.4 cm³/mol. The van der Waals surface area contributed by atoms with Gasteiger partial charge in [0.2, 0.25) is 0 Å². The summed E-state index contributed by atoms with van der Waals surface area (Å²) in [6.07, 6.45) is -5.68. The fourth-order valence-corrected chi connectivity index (χ4v) is 1.92. The van der Waals surface area contributed by atoms with Gasteiger partial charge in [0.1, 0.15) is 5.82 Å². The SMILES string of the molecule is COC(=O)N(C(=O)OC)C(=O)c1ccc(C(=O)N(C(=O)OC)C(=O)OC)c(F)c1. The summed E-state index contributed by atoms with van der Waals surface area (Å²) in [5.41, 5.74) is -1.35. The average Bonchev–Trinajstić information content (AvgIpc) is 2.72. The Kier molecular flexibility index (Phi) is 7.76. The van der Waals surface area contributed by atoms with Gasteiger partial charge < -0.3 is 18.9 Å². The van der Waals surface area contributed by atoms with E-state index in [1.54, 1.807) is 0 Å². The van der Waals surface area contributed by atoms with E-state index >= 15 is 0 Å². The zero-order valence-corrected chi connectivity index (χ0v) is 15.6. The smallest absolute Gasteiger partial charge is 0.426 e. The number of rotatable bonds is 2. The van der Waals surface area contributed by atoms with Crippen molar-refractivity contribution in [3.8, 4) is 0 Å². The number of hydrogen-bond acceptors (Lipinski definition) is 10. The number of halogens is 1. The van der Waals surface area contributed by atoms with Gasteiger partial charge >= 0.3 is 24.4 Å². The van der Waals surface area contributed by atoms with Gasteiger partial charge in [0.05, 0.1) is 34.0 Å². The van der Waals surface area contributed by atoms with E-state index < -0.39 is 53.1 Å². The molecular formula is C16H15FN2O10. The monoisotopic (exact) mass is 414 g/mol. The lowest BCUT2D eigenvalue weighted by atomic mass is 10.1. The Morgan fingerprint density at radius 1 is 0.690 bits per heavy atom. The van der Waals surface area contributed by atoms with Crippen LogP contribution in [0.15, 0.2) is 18.2 Å². The third-order valence-corrected chi connectivity index (χ3v) is 3.28. The van der Waals surface area contributed by atoms with Crippen LogP contribution in [0.4, 0.5) is 23.6 Å². The second-order valence-electron chi connectivity index (χ2n) is 4.86. The molecule has 13 heteroatoms. The number of amides is 6. The molecule has 0 aliphatic heterocycles. The minimum atomic E-state index is -1.45. The second-order valence-corrected chi connectivity index (χ2v) is 4.86. The van der Waals surface area contributed by atoms with Gasteiger partial charge in [0.25, 0.3) is 11.8 Å². The number of imide groups is 6. The first-order chi connectivity index (χ1) is 13.6. The molecule has 0 bridgehead atoms. The number of hydrogen-bond donors (Lipinski definition) is 0. The van der Waals surface area contributed by atoms with Crippen molar-refractivity contribution < 1.29 is 52.1 Å². The minimum absolute atomic E-state index is 0.0501. The molecule has 1 aromatic carbocycles. The molecule has 0 radical (unpaired) electrons. The Morgan fingerprint density at radius 2 is 1.07 bits per heavy atom. The normalized spacial score (nSPS) is 9.69. The first-order valence-electron chi connectivity index (χ1n) is 7.44. The van der Waals surface area contributed by atoms with Gasteiger partial charge in [0.15, 0.2) is 0 Å². The van der Waals surface area contributed by atoms with Crippen molar-refractivity contribution in [2.75, 3.05) is 28.4 Å². The van der Waals surface area contributed by atoms with Crippen LogP contribution in [-0.4, -0.2) is 74.4 Å². The van der Waals surface area contributed by atoms with Gasteiger partial charge in [-0.25, -0.2) is 23.6 Å². The predicted octanol–water partition coefficient (Wildman–Crippen LogP) is 1.78. The molecule has 0 aromatic heterocycles. The van der Waals surface area contributed by atoms with Crippen LogP contribution >= 0.6 is 0 Å². The molecule has 156 valence electrons. The summed E-state index contributed by atoms with van der Waals surface area (Å²) in [6.45, 7) is 0. The largest absolute Gasteiger partial charge is 0.452 e. The van der Waals surface area contributed by atoms with Crippen LogP contribution in [0.2, 0.25) is 0 Å². The summed E-state index contributed by atoms with van der Waals surface area (Å²) in [4.78, 5) is 71.0. The van der Waals surface area contributed by atoms with Gasteiger partial charge in [-0.1, -0.05) is 0 Å². The zero-order chi connectivity index (χ0) is 22.3. The van der Waals surface area contributed by atoms with Crippen LogP contribution in [0.5, 0.6) is 0 Å². The molecule has 0 aliphatic carbocycles. The molecule has 0 spiro atoms. The molecule has 1 aromatic rings. The molecule has 0 heterocycles. The Morgan fingerprint density at radius 3 is 1.41 bits per heavy atom. The van der Waals surface area contributed by atoms with E-state index in [0.717, 1.165) is 40.6 Å². The molecular weight excluding hydrogens is 399 g/mol. The van der Waals surface area contributed by atoms with E-state index in [1.165, 1.54) is 0 Å². The number of methoxy groups -OCH3 is 4. The highest BCUT2D eigenvalue weighted by atomic mass is 19.1. The highest BCUT2D eigenvalue weighted by molar-refractivity contribution is 6.15. The lowest BCUT2D eigenvalue weighted by Gasteiger charge is -2.18. The number of carbonyl (C=O) groups excluding carboxylic acids is 6. The Balaban J connectivity index is 3.33. The standard InChI is InChI=1S/C16H15FN2O10/c1-26-13(22)18(14(23)27-2)11(20)8-5-6-9(10(17)7-8)12(21)19(15(24)28-3)16(25)29-4/h5-7H,1-4H3. The topological polar surface area (TPSA) is 146 Å². The van der Waals surface area contributed by atoms with Crippen molar-refractivity contribution in [2.45, 2.75) is 0 Å². The molecule has 0 aliphatic rings. The van der Waals surface area contributed by atoms with Crippen molar-refractivity contribution in [1.82, 2.24) is 9.80 Å². The van der Waals surface area contributed by atoms with E-state index in [9.17, 15) is 33.2 Å². The molecule has 0 atom stereocenters. The van der Waals surface area contributed by atoms with Crippen LogP contribution in [0.25, 0.3) is 0 Å². The van der Waals surface area contributed by atoms with Gasteiger partial charge in [-0.15, -0.1) is 9.80 Å². The summed E-state index contributed by atoms with van der Waals surface area (Å²) in [6, 6.07) is 2.11. The van der Waals surface area contributed by atoms with Crippen LogP contribution in [0.1, 0.15) is 20.7 Å². The van der Waals surface area contributed by atoms with E-state index in [0.29, 0.717) is 6.07 Å². The van der Waals surface area contributed by atoms with E-state index in [2.05, 4.69) is 18.9 Å². The number of benzene rings is 1. The first-order valence-corrected chi connectivity index (χ1v) is 7.44. The maximum atomic E-state index is 14.4. The first kappa shape index (κ1) is 23.0. The number of nitrogens with zero attached hydrogens (tertiary/aromatic N) is 2. The van der Waals surface area contributed by atoms with Gasteiger partial charge in [0, 0.05) is 5.56 Å². The second kappa shape index (κ2) is 9.77. The summed E-state index contributed by atoms with van der Waals surface area (Å²) in [5, 5.41) is 0. The van der Waals surface area contributed by atoms with Gasteiger partial charge in [-0.3, -0.25) is 9.59 Å². The van der Waals surface area contributed by atoms with Crippen molar-refractivity contribution in [2.24, 2.45) is 0 Å². The Labute approximate surface area is 162 Å². The van der Waals surface area contributed by atoms with E-state index in [1.807, 2.05) is 0 Å². The van der Waals surface area contributed by atoms with Crippen LogP contribution in [-0.2, 0) is 18.9 Å². The lowest BCUT2D eigenvalue weighted by Crippen LogP contribution is -2.42. The van der Waals surface area contributed by atoms with Crippen molar-refractivity contribution in [3.05, 3.63) is 35.1 Å². The van der Waals surface area contributed by atoms with Crippen LogP contribution in [0.3, 0.4) is 0 Å².